The Balaban J connectivity index is 1.93. The van der Waals surface area contributed by atoms with Gasteiger partial charge in [-0.05, 0) is 19.3 Å². The maximum atomic E-state index is 11.7. The molecule has 116 valence electrons. The van der Waals surface area contributed by atoms with E-state index in [9.17, 15) is 9.59 Å². The van der Waals surface area contributed by atoms with Crippen LogP contribution in [0.4, 0.5) is 0 Å². The fraction of sp³-hybridized carbons (Fsp3) is 0.857. The maximum absolute atomic E-state index is 11.7. The predicted octanol–water partition coefficient (Wildman–Crippen LogP) is 0.198. The Hall–Kier alpha value is -1.14. The van der Waals surface area contributed by atoms with E-state index in [0.717, 1.165) is 32.1 Å². The van der Waals surface area contributed by atoms with Gasteiger partial charge in [0.25, 0.3) is 0 Å². The monoisotopic (exact) mass is 286 g/mol. The van der Waals surface area contributed by atoms with Crippen molar-refractivity contribution in [3.63, 3.8) is 0 Å². The Morgan fingerprint density at radius 1 is 1.10 bits per heavy atom. The zero-order valence-corrected chi connectivity index (χ0v) is 12.0. The third kappa shape index (κ3) is 7.45. The van der Waals surface area contributed by atoms with Crippen LogP contribution in [0.3, 0.4) is 0 Å². The minimum absolute atomic E-state index is 0.0209. The van der Waals surface area contributed by atoms with E-state index in [0.29, 0.717) is 32.7 Å². The molecule has 3 N–H and O–H groups in total. The lowest BCUT2D eigenvalue weighted by atomic mass is 10.1. The molecule has 0 heterocycles. The molecular weight excluding hydrogens is 260 g/mol. The summed E-state index contributed by atoms with van der Waals surface area (Å²) in [6.07, 6.45) is 5.27. The average molecular weight is 286 g/mol. The highest BCUT2D eigenvalue weighted by molar-refractivity contribution is 5.80. The number of hydrogen-bond acceptors (Lipinski definition) is 4. The van der Waals surface area contributed by atoms with Gasteiger partial charge < -0.3 is 20.5 Å². The van der Waals surface area contributed by atoms with Gasteiger partial charge in [0.15, 0.2) is 0 Å². The molecule has 0 aromatic heterocycles. The van der Waals surface area contributed by atoms with Gasteiger partial charge in [-0.25, -0.2) is 0 Å². The second kappa shape index (κ2) is 10.6. The molecule has 0 spiro atoms. The largest absolute Gasteiger partial charge is 0.394 e. The number of aliphatic hydroxyl groups is 1. The van der Waals surface area contributed by atoms with Crippen LogP contribution in [-0.4, -0.2) is 49.8 Å². The third-order valence-corrected chi connectivity index (χ3v) is 3.40. The summed E-state index contributed by atoms with van der Waals surface area (Å²) in [5.41, 5.74) is 0. The highest BCUT2D eigenvalue weighted by Gasteiger charge is 2.22. The normalized spacial score (nSPS) is 15.2. The van der Waals surface area contributed by atoms with E-state index in [-0.39, 0.29) is 24.3 Å². The van der Waals surface area contributed by atoms with E-state index in [2.05, 4.69) is 10.6 Å². The molecule has 1 rings (SSSR count). The second-order valence-corrected chi connectivity index (χ2v) is 5.06. The molecule has 0 radical (unpaired) electrons. The fourth-order valence-electron chi connectivity index (χ4n) is 2.29. The summed E-state index contributed by atoms with van der Waals surface area (Å²) in [7, 11) is 0. The second-order valence-electron chi connectivity index (χ2n) is 5.06. The molecule has 1 aliphatic rings. The Labute approximate surface area is 120 Å². The van der Waals surface area contributed by atoms with E-state index in [1.807, 2.05) is 0 Å². The van der Waals surface area contributed by atoms with Gasteiger partial charge in [-0.1, -0.05) is 12.8 Å². The van der Waals surface area contributed by atoms with Crippen molar-refractivity contribution in [3.8, 4) is 0 Å². The van der Waals surface area contributed by atoms with Crippen molar-refractivity contribution in [1.29, 1.82) is 0 Å². The zero-order chi connectivity index (χ0) is 14.6. The van der Waals surface area contributed by atoms with Gasteiger partial charge in [-0.2, -0.15) is 0 Å². The molecule has 0 aliphatic heterocycles. The van der Waals surface area contributed by atoms with Crippen LogP contribution in [0.25, 0.3) is 0 Å². The SMILES string of the molecule is O=C(CCNC(=O)C1CCCC1)NCCCOCCO. The first kappa shape index (κ1) is 16.9. The lowest BCUT2D eigenvalue weighted by Gasteiger charge is -2.10. The summed E-state index contributed by atoms with van der Waals surface area (Å²) in [6.45, 7) is 1.84. The summed E-state index contributed by atoms with van der Waals surface area (Å²) in [4.78, 5) is 23.2. The van der Waals surface area contributed by atoms with Gasteiger partial charge in [-0.15, -0.1) is 0 Å². The molecule has 20 heavy (non-hydrogen) atoms. The van der Waals surface area contributed by atoms with E-state index < -0.39 is 0 Å². The topological polar surface area (TPSA) is 87.7 Å². The van der Waals surface area contributed by atoms with Gasteiger partial charge in [0.1, 0.15) is 0 Å². The lowest BCUT2D eigenvalue weighted by Crippen LogP contribution is -2.34. The van der Waals surface area contributed by atoms with Crippen LogP contribution in [0.2, 0.25) is 0 Å². The molecular formula is C14H26N2O4. The fourth-order valence-corrected chi connectivity index (χ4v) is 2.29. The molecule has 0 aromatic carbocycles. The predicted molar refractivity (Wildman–Crippen MR) is 75.1 cm³/mol. The number of rotatable bonds is 10. The first-order valence-electron chi connectivity index (χ1n) is 7.47. The molecule has 6 heteroatoms. The van der Waals surface area contributed by atoms with E-state index in [1.54, 1.807) is 0 Å². The Morgan fingerprint density at radius 3 is 2.55 bits per heavy atom. The molecule has 6 nitrogen and oxygen atoms in total. The van der Waals surface area contributed by atoms with Gasteiger partial charge in [0.05, 0.1) is 13.2 Å². The average Bonchev–Trinajstić information content (AvgIpc) is 2.96. The van der Waals surface area contributed by atoms with Crippen LogP contribution in [0.1, 0.15) is 38.5 Å². The smallest absolute Gasteiger partial charge is 0.223 e. The minimum Gasteiger partial charge on any atom is -0.394 e. The summed E-state index contributed by atoms with van der Waals surface area (Å²) < 4.78 is 5.08. The number of carbonyl (C=O) groups is 2. The molecule has 0 unspecified atom stereocenters. The first-order valence-corrected chi connectivity index (χ1v) is 7.47. The molecule has 1 aliphatic carbocycles. The number of amides is 2. The van der Waals surface area contributed by atoms with Crippen molar-refractivity contribution in [2.24, 2.45) is 5.92 Å². The van der Waals surface area contributed by atoms with Crippen molar-refractivity contribution in [3.05, 3.63) is 0 Å². The highest BCUT2D eigenvalue weighted by atomic mass is 16.5. The third-order valence-electron chi connectivity index (χ3n) is 3.40. The quantitative estimate of drug-likeness (QED) is 0.501. The molecule has 2 amide bonds. The van der Waals surface area contributed by atoms with Crippen molar-refractivity contribution in [1.82, 2.24) is 10.6 Å². The first-order chi connectivity index (χ1) is 9.74. The Kier molecular flexibility index (Phi) is 8.98. The van der Waals surface area contributed by atoms with Gasteiger partial charge in [-0.3, -0.25) is 9.59 Å². The Bertz CT molecular complexity index is 291. The molecule has 0 atom stereocenters. The summed E-state index contributed by atoms with van der Waals surface area (Å²) >= 11 is 0. The van der Waals surface area contributed by atoms with Crippen LogP contribution in [-0.2, 0) is 14.3 Å². The van der Waals surface area contributed by atoms with Crippen molar-refractivity contribution < 1.29 is 19.4 Å². The number of aliphatic hydroxyl groups excluding tert-OH is 1. The van der Waals surface area contributed by atoms with Crippen molar-refractivity contribution in [2.75, 3.05) is 32.9 Å². The van der Waals surface area contributed by atoms with E-state index in [4.69, 9.17) is 9.84 Å². The Morgan fingerprint density at radius 2 is 1.85 bits per heavy atom. The summed E-state index contributed by atoms with van der Waals surface area (Å²) in [5.74, 6) is 0.188. The van der Waals surface area contributed by atoms with Gasteiger partial charge >= 0.3 is 0 Å². The number of hydrogen-bond donors (Lipinski definition) is 3. The van der Waals surface area contributed by atoms with E-state index >= 15 is 0 Å². The number of carbonyl (C=O) groups excluding carboxylic acids is 2. The minimum atomic E-state index is -0.0566. The lowest BCUT2D eigenvalue weighted by molar-refractivity contribution is -0.125. The standard InChI is InChI=1S/C14H26N2O4/c17-9-11-20-10-3-7-15-13(18)6-8-16-14(19)12-4-1-2-5-12/h12,17H,1-11H2,(H,15,18)(H,16,19). The zero-order valence-electron chi connectivity index (χ0n) is 12.0. The van der Waals surface area contributed by atoms with Crippen LogP contribution >= 0.6 is 0 Å². The van der Waals surface area contributed by atoms with Crippen LogP contribution in [0.5, 0.6) is 0 Å². The van der Waals surface area contributed by atoms with Gasteiger partial charge in [0.2, 0.25) is 11.8 Å². The summed E-state index contributed by atoms with van der Waals surface area (Å²) in [5, 5.41) is 14.1. The molecule has 1 fully saturated rings. The summed E-state index contributed by atoms with van der Waals surface area (Å²) in [6, 6.07) is 0. The highest BCUT2D eigenvalue weighted by Crippen LogP contribution is 2.24. The molecule has 0 bridgehead atoms. The van der Waals surface area contributed by atoms with Crippen LogP contribution < -0.4 is 10.6 Å². The van der Waals surface area contributed by atoms with Crippen LogP contribution in [0, 0.1) is 5.92 Å². The van der Waals surface area contributed by atoms with E-state index in [1.165, 1.54) is 0 Å². The maximum Gasteiger partial charge on any atom is 0.223 e. The number of nitrogens with one attached hydrogen (secondary N) is 2. The van der Waals surface area contributed by atoms with Crippen LogP contribution in [0.15, 0.2) is 0 Å². The van der Waals surface area contributed by atoms with Gasteiger partial charge in [0, 0.05) is 32.0 Å². The molecule has 1 saturated carbocycles. The molecule has 0 aromatic rings. The molecule has 0 saturated heterocycles. The van der Waals surface area contributed by atoms with Crippen molar-refractivity contribution >= 4 is 11.8 Å². The number of ether oxygens (including phenoxy) is 1. The van der Waals surface area contributed by atoms with Crippen molar-refractivity contribution in [2.45, 2.75) is 38.5 Å².